The first-order valence-electron chi connectivity index (χ1n) is 5.81. The van der Waals surface area contributed by atoms with E-state index in [1.807, 2.05) is 29.0 Å². The van der Waals surface area contributed by atoms with E-state index < -0.39 is 10.3 Å². The molecule has 0 unspecified atom stereocenters. The summed E-state index contributed by atoms with van der Waals surface area (Å²) in [6.07, 6.45) is 0. The van der Waals surface area contributed by atoms with Gasteiger partial charge in [0.15, 0.2) is 10.3 Å². The molecule has 0 radical (unpaired) electrons. The van der Waals surface area contributed by atoms with E-state index >= 15 is 0 Å². The molecule has 1 aromatic heterocycles. The molecule has 0 atom stereocenters. The predicted octanol–water partition coefficient (Wildman–Crippen LogP) is 0.493. The molecule has 0 fully saturated rings. The maximum atomic E-state index is 10.7. The van der Waals surface area contributed by atoms with Crippen LogP contribution in [0.25, 0.3) is 20.8 Å². The molecular formula is C13H8ClN2NaO3S2. The van der Waals surface area contributed by atoms with E-state index in [-0.39, 0.29) is 40.3 Å². The number of benzene rings is 2. The minimum absolute atomic E-state index is 0. The van der Waals surface area contributed by atoms with Gasteiger partial charge in [0.05, 0.1) is 20.9 Å². The first-order valence-corrected chi connectivity index (χ1v) is 8.42. The normalized spacial score (nSPS) is 11.2. The Bertz CT molecular complexity index is 895. The van der Waals surface area contributed by atoms with Crippen molar-refractivity contribution in [2.75, 3.05) is 4.72 Å². The van der Waals surface area contributed by atoms with Gasteiger partial charge in [-0.2, -0.15) is 0 Å². The molecule has 3 rings (SSSR count). The van der Waals surface area contributed by atoms with Crippen LogP contribution in [0.4, 0.5) is 5.69 Å². The summed E-state index contributed by atoms with van der Waals surface area (Å²) in [5.74, 6) is 0. The van der Waals surface area contributed by atoms with Crippen LogP contribution in [0.5, 0.6) is 0 Å². The average Bonchev–Trinajstić information content (AvgIpc) is 2.83. The second-order valence-electron chi connectivity index (χ2n) is 4.24. The smallest absolute Gasteiger partial charge is 0.731 e. The summed E-state index contributed by atoms with van der Waals surface area (Å²) < 4.78 is 34.9. The van der Waals surface area contributed by atoms with Gasteiger partial charge in [0.1, 0.15) is 5.01 Å². The number of halogens is 1. The van der Waals surface area contributed by atoms with Crippen LogP contribution in [0.1, 0.15) is 0 Å². The Morgan fingerprint density at radius 2 is 1.91 bits per heavy atom. The zero-order valence-electron chi connectivity index (χ0n) is 11.4. The second-order valence-corrected chi connectivity index (χ2v) is 6.79. The molecule has 5 nitrogen and oxygen atoms in total. The monoisotopic (exact) mass is 362 g/mol. The van der Waals surface area contributed by atoms with Gasteiger partial charge in [-0.05, 0) is 30.3 Å². The Labute approximate surface area is 158 Å². The number of nitrogens with one attached hydrogen (secondary N) is 1. The average molecular weight is 363 g/mol. The van der Waals surface area contributed by atoms with Gasteiger partial charge >= 0.3 is 29.6 Å². The van der Waals surface area contributed by atoms with Crippen molar-refractivity contribution in [1.82, 2.24) is 4.98 Å². The van der Waals surface area contributed by atoms with E-state index in [1.165, 1.54) is 17.4 Å². The summed E-state index contributed by atoms with van der Waals surface area (Å²) in [6, 6.07) is 12.4. The van der Waals surface area contributed by atoms with Gasteiger partial charge < -0.3 is 4.55 Å². The van der Waals surface area contributed by atoms with Crippen molar-refractivity contribution in [2.24, 2.45) is 0 Å². The van der Waals surface area contributed by atoms with E-state index in [9.17, 15) is 13.0 Å². The van der Waals surface area contributed by atoms with Crippen molar-refractivity contribution >= 4 is 49.1 Å². The maximum Gasteiger partial charge on any atom is 1.00 e. The first-order chi connectivity index (χ1) is 9.92. The molecule has 1 N–H and O–H groups in total. The van der Waals surface area contributed by atoms with Gasteiger partial charge in [-0.1, -0.05) is 23.7 Å². The first kappa shape index (κ1) is 17.7. The molecule has 0 aliphatic carbocycles. The zero-order chi connectivity index (χ0) is 15.0. The third kappa shape index (κ3) is 3.99. The van der Waals surface area contributed by atoms with Crippen LogP contribution in [0, 0.1) is 0 Å². The van der Waals surface area contributed by atoms with Crippen molar-refractivity contribution in [3.8, 4) is 10.6 Å². The molecule has 108 valence electrons. The topological polar surface area (TPSA) is 82.1 Å². The number of para-hydroxylation sites is 1. The van der Waals surface area contributed by atoms with Gasteiger partial charge in [-0.3, -0.25) is 4.72 Å². The fraction of sp³-hybridized carbons (Fsp3) is 0. The molecule has 0 bridgehead atoms. The van der Waals surface area contributed by atoms with Crippen molar-refractivity contribution in [2.45, 2.75) is 0 Å². The molecule has 0 amide bonds. The Morgan fingerprint density at radius 3 is 2.55 bits per heavy atom. The summed E-state index contributed by atoms with van der Waals surface area (Å²) >= 11 is 7.50. The summed E-state index contributed by atoms with van der Waals surface area (Å²) in [7, 11) is -4.60. The van der Waals surface area contributed by atoms with Gasteiger partial charge in [-0.25, -0.2) is 13.4 Å². The van der Waals surface area contributed by atoms with Crippen LogP contribution in [-0.2, 0) is 10.3 Å². The Kier molecular flexibility index (Phi) is 5.50. The van der Waals surface area contributed by atoms with Gasteiger partial charge in [-0.15, -0.1) is 11.3 Å². The molecule has 9 heteroatoms. The van der Waals surface area contributed by atoms with Crippen LogP contribution < -0.4 is 34.3 Å². The number of hydrogen-bond acceptors (Lipinski definition) is 5. The van der Waals surface area contributed by atoms with Crippen LogP contribution in [0.15, 0.2) is 42.5 Å². The molecule has 22 heavy (non-hydrogen) atoms. The van der Waals surface area contributed by atoms with Crippen molar-refractivity contribution in [3.63, 3.8) is 0 Å². The van der Waals surface area contributed by atoms with Crippen LogP contribution in [0.2, 0.25) is 5.02 Å². The maximum absolute atomic E-state index is 10.7. The molecule has 0 aliphatic heterocycles. The summed E-state index contributed by atoms with van der Waals surface area (Å²) in [5.41, 5.74) is 1.70. The largest absolute Gasteiger partial charge is 1.00 e. The molecule has 0 aliphatic rings. The van der Waals surface area contributed by atoms with E-state index in [4.69, 9.17) is 11.6 Å². The Balaban J connectivity index is 0.00000176. The standard InChI is InChI=1S/C13H9ClN2O3S2.Na/c14-9-7-8(5-6-10(9)16-21(17,18)19)13-15-11-3-1-2-4-12(11)20-13;/h1-7,16H,(H,17,18,19);/q;+1/p-1. The zero-order valence-corrected chi connectivity index (χ0v) is 15.8. The fourth-order valence-electron chi connectivity index (χ4n) is 1.86. The number of nitrogens with zero attached hydrogens (tertiary/aromatic N) is 1. The minimum Gasteiger partial charge on any atom is -0.731 e. The van der Waals surface area contributed by atoms with Gasteiger partial charge in [0, 0.05) is 5.56 Å². The molecule has 0 spiro atoms. The third-order valence-electron chi connectivity index (χ3n) is 2.74. The van der Waals surface area contributed by atoms with Gasteiger partial charge in [0.25, 0.3) is 0 Å². The van der Waals surface area contributed by atoms with Crippen LogP contribution in [0.3, 0.4) is 0 Å². The molecule has 2 aromatic carbocycles. The summed E-state index contributed by atoms with van der Waals surface area (Å²) in [4.78, 5) is 4.49. The van der Waals surface area contributed by atoms with Gasteiger partial charge in [0.2, 0.25) is 0 Å². The fourth-order valence-corrected chi connectivity index (χ4v) is 3.55. The minimum atomic E-state index is -4.60. The second kappa shape index (κ2) is 6.84. The summed E-state index contributed by atoms with van der Waals surface area (Å²) in [5, 5.41) is 0.917. The third-order valence-corrected chi connectivity index (χ3v) is 4.61. The van der Waals surface area contributed by atoms with E-state index in [0.29, 0.717) is 0 Å². The predicted molar refractivity (Wildman–Crippen MR) is 83.4 cm³/mol. The number of thiazole rings is 1. The number of rotatable bonds is 3. The van der Waals surface area contributed by atoms with E-state index in [1.54, 1.807) is 12.1 Å². The number of aromatic nitrogens is 1. The Morgan fingerprint density at radius 1 is 1.18 bits per heavy atom. The summed E-state index contributed by atoms with van der Waals surface area (Å²) in [6.45, 7) is 0. The molecule has 3 aromatic rings. The van der Waals surface area contributed by atoms with Crippen molar-refractivity contribution in [3.05, 3.63) is 47.5 Å². The molecule has 1 heterocycles. The molecular weight excluding hydrogens is 355 g/mol. The number of fused-ring (bicyclic) bond motifs is 1. The van der Waals surface area contributed by atoms with Crippen molar-refractivity contribution in [1.29, 1.82) is 0 Å². The van der Waals surface area contributed by atoms with E-state index in [2.05, 4.69) is 4.98 Å². The molecule has 0 saturated heterocycles. The SMILES string of the molecule is O=S(=O)([O-])Nc1ccc(-c2nc3ccccc3s2)cc1Cl.[Na+]. The van der Waals surface area contributed by atoms with Crippen LogP contribution >= 0.6 is 22.9 Å². The van der Waals surface area contributed by atoms with Crippen molar-refractivity contribution < 1.29 is 42.5 Å². The van der Waals surface area contributed by atoms with E-state index in [0.717, 1.165) is 20.8 Å². The quantitative estimate of drug-likeness (QED) is 0.543. The molecule has 0 saturated carbocycles. The Hall–Kier alpha value is -0.670. The van der Waals surface area contributed by atoms with Crippen LogP contribution in [-0.4, -0.2) is 18.0 Å². The number of anilines is 1. The number of hydrogen-bond donors (Lipinski definition) is 1.